The first-order chi connectivity index (χ1) is 7.23. The highest BCUT2D eigenvalue weighted by Crippen LogP contribution is 2.39. The summed E-state index contributed by atoms with van der Waals surface area (Å²) in [5, 5.41) is 1.71. The van der Waals surface area contributed by atoms with Crippen LogP contribution in [0.2, 0.25) is 0 Å². The molecule has 0 atom stereocenters. The fourth-order valence-corrected chi connectivity index (χ4v) is 1.51. The third-order valence-electron chi connectivity index (χ3n) is 1.64. The highest BCUT2D eigenvalue weighted by atomic mass is 79.9. The first-order valence-electron chi connectivity index (χ1n) is 3.85. The fraction of sp³-hybridized carbons (Fsp3) is 0.125. The first-order valence-corrected chi connectivity index (χ1v) is 5.05. The maximum atomic E-state index is 13.3. The molecule has 0 saturated carbocycles. The SMILES string of the molecule is NC(=S)Nc1ccc(Br)c(F)c1C(F)(F)F. The molecule has 0 aliphatic carbocycles. The van der Waals surface area contributed by atoms with Crippen molar-refractivity contribution in [3.8, 4) is 0 Å². The normalized spacial score (nSPS) is 11.3. The van der Waals surface area contributed by atoms with Crippen molar-refractivity contribution in [3.05, 3.63) is 28.0 Å². The Morgan fingerprint density at radius 3 is 2.38 bits per heavy atom. The van der Waals surface area contributed by atoms with Gasteiger partial charge in [0.15, 0.2) is 10.9 Å². The summed E-state index contributed by atoms with van der Waals surface area (Å²) in [5.41, 5.74) is 3.09. The van der Waals surface area contributed by atoms with E-state index in [-0.39, 0.29) is 9.59 Å². The molecule has 0 aromatic heterocycles. The van der Waals surface area contributed by atoms with Crippen molar-refractivity contribution in [2.24, 2.45) is 5.73 Å². The number of nitrogens with one attached hydrogen (secondary N) is 1. The van der Waals surface area contributed by atoms with Gasteiger partial charge in [0.2, 0.25) is 0 Å². The molecule has 0 unspecified atom stereocenters. The van der Waals surface area contributed by atoms with Crippen LogP contribution in [0.15, 0.2) is 16.6 Å². The van der Waals surface area contributed by atoms with Gasteiger partial charge in [-0.3, -0.25) is 0 Å². The summed E-state index contributed by atoms with van der Waals surface area (Å²) >= 11 is 7.07. The summed E-state index contributed by atoms with van der Waals surface area (Å²) in [7, 11) is 0. The number of thiocarbonyl (C=S) groups is 1. The predicted molar refractivity (Wildman–Crippen MR) is 59.5 cm³/mol. The smallest absolute Gasteiger partial charge is 0.376 e. The number of halogens is 5. The topological polar surface area (TPSA) is 38.0 Å². The molecule has 0 aliphatic heterocycles. The van der Waals surface area contributed by atoms with Crippen molar-refractivity contribution in [1.29, 1.82) is 0 Å². The molecule has 0 heterocycles. The van der Waals surface area contributed by atoms with E-state index in [1.54, 1.807) is 0 Å². The van der Waals surface area contributed by atoms with Crippen LogP contribution >= 0.6 is 28.1 Å². The van der Waals surface area contributed by atoms with Crippen LogP contribution in [0, 0.1) is 5.82 Å². The van der Waals surface area contributed by atoms with Gasteiger partial charge < -0.3 is 11.1 Å². The molecule has 0 fully saturated rings. The molecule has 0 bridgehead atoms. The average molecular weight is 317 g/mol. The lowest BCUT2D eigenvalue weighted by atomic mass is 10.1. The largest absolute Gasteiger partial charge is 0.421 e. The highest BCUT2D eigenvalue weighted by molar-refractivity contribution is 9.10. The second-order valence-electron chi connectivity index (χ2n) is 2.77. The average Bonchev–Trinajstić information content (AvgIpc) is 2.08. The van der Waals surface area contributed by atoms with Gasteiger partial charge in [-0.05, 0) is 40.3 Å². The standard InChI is InChI=1S/C8H5BrF4N2S/c9-3-1-2-4(15-7(14)16)5(6(3)10)8(11,12)13/h1-2H,(H3,14,15,16). The van der Waals surface area contributed by atoms with Gasteiger partial charge in [-0.2, -0.15) is 13.2 Å². The number of rotatable bonds is 1. The van der Waals surface area contributed by atoms with Gasteiger partial charge in [0.1, 0.15) is 5.56 Å². The molecule has 3 N–H and O–H groups in total. The van der Waals surface area contributed by atoms with Crippen LogP contribution < -0.4 is 11.1 Å². The van der Waals surface area contributed by atoms with E-state index in [1.165, 1.54) is 0 Å². The third-order valence-corrected chi connectivity index (χ3v) is 2.35. The number of benzene rings is 1. The zero-order valence-electron chi connectivity index (χ0n) is 7.53. The van der Waals surface area contributed by atoms with E-state index in [9.17, 15) is 17.6 Å². The number of anilines is 1. The fourth-order valence-electron chi connectivity index (χ4n) is 1.06. The molecule has 1 aromatic rings. The van der Waals surface area contributed by atoms with Gasteiger partial charge in [0.05, 0.1) is 10.2 Å². The molecule has 0 radical (unpaired) electrons. The van der Waals surface area contributed by atoms with E-state index in [0.29, 0.717) is 0 Å². The van der Waals surface area contributed by atoms with Crippen molar-refractivity contribution < 1.29 is 17.6 Å². The van der Waals surface area contributed by atoms with E-state index in [4.69, 9.17) is 5.73 Å². The van der Waals surface area contributed by atoms with Gasteiger partial charge in [0.25, 0.3) is 0 Å². The molecule has 0 aliphatic rings. The summed E-state index contributed by atoms with van der Waals surface area (Å²) in [6.45, 7) is 0. The quantitative estimate of drug-likeness (QED) is 0.617. The van der Waals surface area contributed by atoms with Crippen LogP contribution in [0.3, 0.4) is 0 Å². The molecule has 0 amide bonds. The van der Waals surface area contributed by atoms with Crippen molar-refractivity contribution in [2.45, 2.75) is 6.18 Å². The Morgan fingerprint density at radius 1 is 1.38 bits per heavy atom. The summed E-state index contributed by atoms with van der Waals surface area (Å²) in [5.74, 6) is -1.41. The molecular weight excluding hydrogens is 312 g/mol. The summed E-state index contributed by atoms with van der Waals surface area (Å²) in [6, 6.07) is 2.17. The summed E-state index contributed by atoms with van der Waals surface area (Å²) in [6.07, 6.45) is -4.83. The molecule has 0 spiro atoms. The minimum Gasteiger partial charge on any atom is -0.376 e. The summed E-state index contributed by atoms with van der Waals surface area (Å²) in [4.78, 5) is 0. The van der Waals surface area contributed by atoms with E-state index < -0.39 is 23.2 Å². The Kier molecular flexibility index (Phi) is 3.74. The van der Waals surface area contributed by atoms with Crippen LogP contribution in [0.5, 0.6) is 0 Å². The van der Waals surface area contributed by atoms with E-state index in [0.717, 1.165) is 12.1 Å². The van der Waals surface area contributed by atoms with Crippen molar-refractivity contribution in [1.82, 2.24) is 0 Å². The van der Waals surface area contributed by atoms with Gasteiger partial charge in [-0.1, -0.05) is 0 Å². The lowest BCUT2D eigenvalue weighted by Crippen LogP contribution is -2.22. The van der Waals surface area contributed by atoms with Crippen LogP contribution in [-0.4, -0.2) is 5.11 Å². The Balaban J connectivity index is 3.39. The molecule has 16 heavy (non-hydrogen) atoms. The summed E-state index contributed by atoms with van der Waals surface area (Å²) < 4.78 is 50.7. The van der Waals surface area contributed by atoms with Crippen LogP contribution in [-0.2, 0) is 6.18 Å². The minimum absolute atomic E-state index is 0.284. The Morgan fingerprint density at radius 2 is 1.94 bits per heavy atom. The number of hydrogen-bond donors (Lipinski definition) is 2. The zero-order chi connectivity index (χ0) is 12.5. The van der Waals surface area contributed by atoms with Crippen molar-refractivity contribution in [2.75, 3.05) is 5.32 Å². The molecule has 1 aromatic carbocycles. The van der Waals surface area contributed by atoms with Crippen LogP contribution in [0.25, 0.3) is 0 Å². The molecule has 88 valence electrons. The number of nitrogens with two attached hydrogens (primary N) is 1. The molecule has 1 rings (SSSR count). The lowest BCUT2D eigenvalue weighted by Gasteiger charge is -2.15. The second-order valence-corrected chi connectivity index (χ2v) is 4.07. The Labute approximate surface area is 102 Å². The molecular formula is C8H5BrF4N2S. The van der Waals surface area contributed by atoms with E-state index in [1.807, 2.05) is 0 Å². The van der Waals surface area contributed by atoms with Gasteiger partial charge in [0, 0.05) is 0 Å². The molecule has 0 saturated heterocycles. The molecule has 8 heteroatoms. The monoisotopic (exact) mass is 316 g/mol. The highest BCUT2D eigenvalue weighted by Gasteiger charge is 2.38. The Bertz CT molecular complexity index is 433. The van der Waals surface area contributed by atoms with Crippen LogP contribution in [0.1, 0.15) is 5.56 Å². The van der Waals surface area contributed by atoms with Crippen molar-refractivity contribution in [3.63, 3.8) is 0 Å². The number of alkyl halides is 3. The van der Waals surface area contributed by atoms with Gasteiger partial charge in [-0.15, -0.1) is 0 Å². The van der Waals surface area contributed by atoms with E-state index >= 15 is 0 Å². The maximum Gasteiger partial charge on any atom is 0.421 e. The second kappa shape index (κ2) is 4.54. The zero-order valence-corrected chi connectivity index (χ0v) is 9.93. The first kappa shape index (κ1) is 13.2. The number of hydrogen-bond acceptors (Lipinski definition) is 1. The van der Waals surface area contributed by atoms with Gasteiger partial charge in [-0.25, -0.2) is 4.39 Å². The minimum atomic E-state index is -4.83. The van der Waals surface area contributed by atoms with Crippen molar-refractivity contribution >= 4 is 38.9 Å². The van der Waals surface area contributed by atoms with Gasteiger partial charge >= 0.3 is 6.18 Å². The maximum absolute atomic E-state index is 13.3. The van der Waals surface area contributed by atoms with E-state index in [2.05, 4.69) is 33.5 Å². The van der Waals surface area contributed by atoms with Crippen LogP contribution in [0.4, 0.5) is 23.2 Å². The third kappa shape index (κ3) is 2.82. The lowest BCUT2D eigenvalue weighted by molar-refractivity contribution is -0.139. The Hall–Kier alpha value is -0.890. The predicted octanol–water partition coefficient (Wildman–Crippen LogP) is 3.26. The molecule has 2 nitrogen and oxygen atoms in total.